The molecule has 0 unspecified atom stereocenters. The number of aromatic carboxylic acids is 4. The molecular formula is C73H67ClF3N13O10. The predicted octanol–water partition coefficient (Wildman–Crippen LogP) is 11.5. The highest BCUT2D eigenvalue weighted by atomic mass is 35.5. The topological polar surface area (TPSA) is 302 Å². The molecule has 6 N–H and O–H groups in total. The van der Waals surface area contributed by atoms with Gasteiger partial charge in [0, 0.05) is 140 Å². The average Bonchev–Trinajstić information content (AvgIpc) is 1.65. The van der Waals surface area contributed by atoms with E-state index in [2.05, 4.69) is 35.1 Å². The van der Waals surface area contributed by atoms with Crippen molar-refractivity contribution in [2.24, 2.45) is 0 Å². The number of nitrogens with one attached hydrogen (secondary N) is 2. The molecule has 12 aromatic rings. The molecule has 0 spiro atoms. The Morgan fingerprint density at radius 3 is 1.20 bits per heavy atom. The van der Waals surface area contributed by atoms with Gasteiger partial charge >= 0.3 is 23.9 Å². The quantitative estimate of drug-likeness (QED) is 0.0524. The maximum absolute atomic E-state index is 13.8. The van der Waals surface area contributed by atoms with Crippen molar-refractivity contribution in [3.63, 3.8) is 0 Å². The molecule has 100 heavy (non-hydrogen) atoms. The van der Waals surface area contributed by atoms with Crippen molar-refractivity contribution < 1.29 is 62.2 Å². The Labute approximate surface area is 573 Å². The highest BCUT2D eigenvalue weighted by Crippen LogP contribution is 2.35. The fourth-order valence-electron chi connectivity index (χ4n) is 13.5. The number of pyridine rings is 4. The Morgan fingerprint density at radius 2 is 0.810 bits per heavy atom. The zero-order chi connectivity index (χ0) is 69.6. The standard InChI is InChI=1S/C19H17FN2O3.C18H16ClN3O3.2C18H17FN4O2/c20-14-1-2-18-17(8-14)13(10-22(18)15-4-6-25-11-15)7-12-9-21-5-3-16(12)19(23)24;19-12-1-2-17-15(8-12)16(21-22(17)13-4-6-25-10-13)7-11-9-20-5-3-14(11)18(23)24;2*19-12-1-2-17-15(8-12)16(22-23(17)13-3-5-21-10-13)7-11-9-20-6-4-14(11)18(24)25/h1-3,5,8-10,15H,4,6-7,11H2,(H,23,24);1-3,5,8-9,13H,4,6-7,10H2,(H,23,24);2*1-2,4,6,8-9,13,21H,3,5,7,10H2,(H,24,25)/t15-;3*13-/m0010/s1. The Bertz CT molecular complexity index is 4410. The number of carboxylic acids is 4. The number of carbonyl (C=O) groups is 4. The molecule has 0 bridgehead atoms. The summed E-state index contributed by atoms with van der Waals surface area (Å²) in [4.78, 5) is 61.9. The van der Waals surface area contributed by atoms with E-state index in [1.54, 1.807) is 30.6 Å². The maximum atomic E-state index is 13.8. The van der Waals surface area contributed by atoms with E-state index < -0.39 is 23.9 Å². The summed E-state index contributed by atoms with van der Waals surface area (Å²) in [6, 6.07) is 26.4. The smallest absolute Gasteiger partial charge is 0.336 e. The number of benzene rings is 4. The van der Waals surface area contributed by atoms with E-state index in [1.807, 2.05) is 38.4 Å². The van der Waals surface area contributed by atoms with E-state index in [1.165, 1.54) is 97.8 Å². The summed E-state index contributed by atoms with van der Waals surface area (Å²) in [5, 5.41) is 62.0. The highest BCUT2D eigenvalue weighted by Gasteiger charge is 2.28. The first-order chi connectivity index (χ1) is 48.5. The summed E-state index contributed by atoms with van der Waals surface area (Å²) in [5.41, 5.74) is 9.87. The second-order valence-electron chi connectivity index (χ2n) is 24.8. The molecule has 0 radical (unpaired) electrons. The van der Waals surface area contributed by atoms with E-state index in [-0.39, 0.29) is 63.9 Å². The van der Waals surface area contributed by atoms with Crippen molar-refractivity contribution >= 4 is 79.1 Å². The Kier molecular flexibility index (Phi) is 20.4. The second-order valence-corrected chi connectivity index (χ2v) is 25.2. The maximum Gasteiger partial charge on any atom is 0.336 e. The molecule has 4 aliphatic rings. The van der Waals surface area contributed by atoms with Gasteiger partial charge in [0.15, 0.2) is 0 Å². The number of hydrogen-bond donors (Lipinski definition) is 6. The summed E-state index contributed by atoms with van der Waals surface area (Å²) in [6.45, 7) is 6.19. The molecule has 4 aromatic carbocycles. The van der Waals surface area contributed by atoms with Crippen LogP contribution in [0.1, 0.15) is 136 Å². The van der Waals surface area contributed by atoms with Crippen LogP contribution in [0.2, 0.25) is 5.02 Å². The summed E-state index contributed by atoms with van der Waals surface area (Å²) < 4.78 is 60.3. The van der Waals surface area contributed by atoms with Crippen LogP contribution >= 0.6 is 11.6 Å². The van der Waals surface area contributed by atoms with Crippen LogP contribution in [-0.4, -0.2) is 151 Å². The molecule has 0 amide bonds. The second kappa shape index (κ2) is 30.1. The van der Waals surface area contributed by atoms with Gasteiger partial charge in [0.25, 0.3) is 0 Å². The van der Waals surface area contributed by atoms with Gasteiger partial charge in [-0.2, -0.15) is 15.3 Å². The fraction of sp³-hybridized carbons (Fsp3) is 0.274. The van der Waals surface area contributed by atoms with Crippen LogP contribution in [0.25, 0.3) is 43.6 Å². The molecule has 16 rings (SSSR count). The number of fused-ring (bicyclic) bond motifs is 4. The first-order valence-corrected chi connectivity index (χ1v) is 32.9. The number of aromatic nitrogens is 11. The number of ether oxygens (including phenoxy) is 2. The molecule has 4 aliphatic heterocycles. The SMILES string of the molecule is O=C(O)c1ccncc1Cc1cn([C@H]2CCOC2)c2ccc(F)cc12.O=C(O)c1ccncc1Cc1nn([C@@H]2CCNC2)c2ccc(F)cc12.O=C(O)c1ccncc1Cc1nn([C@H]2CCNC2)c2ccc(F)cc12.O=C(O)c1ccncc1Cc1nn([C@H]2CCOC2)c2ccc(Cl)cc12. The molecule has 0 saturated carbocycles. The van der Waals surface area contributed by atoms with Gasteiger partial charge in [0.2, 0.25) is 0 Å². The zero-order valence-electron chi connectivity index (χ0n) is 53.7. The third kappa shape index (κ3) is 14.8. The lowest BCUT2D eigenvalue weighted by Crippen LogP contribution is -2.14. The van der Waals surface area contributed by atoms with Crippen LogP contribution < -0.4 is 10.6 Å². The zero-order valence-corrected chi connectivity index (χ0v) is 54.5. The fourth-order valence-corrected chi connectivity index (χ4v) is 13.7. The first-order valence-electron chi connectivity index (χ1n) is 32.5. The lowest BCUT2D eigenvalue weighted by atomic mass is 10.0. The normalized spacial score (nSPS) is 17.2. The van der Waals surface area contributed by atoms with Crippen LogP contribution in [-0.2, 0) is 35.2 Å². The van der Waals surface area contributed by atoms with Crippen molar-refractivity contribution in [3.05, 3.63) is 242 Å². The van der Waals surface area contributed by atoms with E-state index in [4.69, 9.17) is 36.4 Å². The molecule has 23 nitrogen and oxygen atoms in total. The number of nitrogens with zero attached hydrogens (tertiary/aromatic N) is 11. The monoisotopic (exact) mass is 1380 g/mol. The van der Waals surface area contributed by atoms with Crippen molar-refractivity contribution in [1.29, 1.82) is 0 Å². The third-order valence-corrected chi connectivity index (χ3v) is 18.6. The highest BCUT2D eigenvalue weighted by molar-refractivity contribution is 6.31. The van der Waals surface area contributed by atoms with Crippen LogP contribution in [0.4, 0.5) is 13.2 Å². The molecule has 512 valence electrons. The number of carboxylic acid groups (broad SMARTS) is 4. The van der Waals surface area contributed by atoms with Crippen molar-refractivity contribution in [1.82, 2.24) is 64.5 Å². The van der Waals surface area contributed by atoms with Gasteiger partial charge < -0.3 is 45.1 Å². The molecule has 4 saturated heterocycles. The van der Waals surface area contributed by atoms with Gasteiger partial charge in [0.05, 0.1) is 93.3 Å². The predicted molar refractivity (Wildman–Crippen MR) is 364 cm³/mol. The van der Waals surface area contributed by atoms with E-state index in [0.29, 0.717) is 94.9 Å². The largest absolute Gasteiger partial charge is 0.478 e. The Balaban J connectivity index is 0.000000119. The van der Waals surface area contributed by atoms with Crippen molar-refractivity contribution in [2.45, 2.75) is 75.5 Å². The molecule has 4 atom stereocenters. The molecular weight excluding hydrogens is 1310 g/mol. The Morgan fingerprint density at radius 1 is 0.440 bits per heavy atom. The minimum atomic E-state index is -1.01. The van der Waals surface area contributed by atoms with Gasteiger partial charge in [-0.3, -0.25) is 34.0 Å². The van der Waals surface area contributed by atoms with E-state index >= 15 is 0 Å². The van der Waals surface area contributed by atoms with Gasteiger partial charge in [-0.05, 0) is 164 Å². The number of hydrogen-bond acceptors (Lipinski definition) is 15. The average molecular weight is 1380 g/mol. The van der Waals surface area contributed by atoms with E-state index in [0.717, 1.165) is 103 Å². The van der Waals surface area contributed by atoms with Gasteiger partial charge in [0.1, 0.15) is 17.5 Å². The first kappa shape index (κ1) is 67.8. The van der Waals surface area contributed by atoms with Crippen molar-refractivity contribution in [2.75, 3.05) is 52.6 Å². The summed E-state index contributed by atoms with van der Waals surface area (Å²) in [5.74, 6) is -4.94. The molecule has 12 heterocycles. The van der Waals surface area contributed by atoms with Crippen LogP contribution in [0, 0.1) is 17.5 Å². The molecule has 4 fully saturated rings. The summed E-state index contributed by atoms with van der Waals surface area (Å²) in [7, 11) is 0. The van der Waals surface area contributed by atoms with Crippen LogP contribution in [0.5, 0.6) is 0 Å². The molecule has 0 aliphatic carbocycles. The number of halogens is 4. The minimum absolute atomic E-state index is 0.185. The molecule has 8 aromatic heterocycles. The van der Waals surface area contributed by atoms with Gasteiger partial charge in [-0.25, -0.2) is 32.3 Å². The van der Waals surface area contributed by atoms with Crippen LogP contribution in [0.15, 0.2) is 153 Å². The molecule has 27 heteroatoms. The summed E-state index contributed by atoms with van der Waals surface area (Å²) in [6.07, 6.45) is 19.1. The third-order valence-electron chi connectivity index (χ3n) is 18.4. The van der Waals surface area contributed by atoms with Crippen molar-refractivity contribution in [3.8, 4) is 0 Å². The van der Waals surface area contributed by atoms with Gasteiger partial charge in [-0.1, -0.05) is 11.6 Å². The minimum Gasteiger partial charge on any atom is -0.478 e. The Hall–Kier alpha value is -10.8. The number of rotatable bonds is 16. The van der Waals surface area contributed by atoms with Crippen LogP contribution in [0.3, 0.4) is 0 Å². The van der Waals surface area contributed by atoms with Gasteiger partial charge in [-0.15, -0.1) is 0 Å². The lowest BCUT2D eigenvalue weighted by Gasteiger charge is -2.11. The van der Waals surface area contributed by atoms with E-state index in [9.17, 15) is 52.8 Å². The lowest BCUT2D eigenvalue weighted by molar-refractivity contribution is 0.0684. The summed E-state index contributed by atoms with van der Waals surface area (Å²) >= 11 is 6.18.